The number of ether oxygens (including phenoxy) is 1. The van der Waals surface area contributed by atoms with Crippen molar-refractivity contribution in [2.45, 2.75) is 45.5 Å². The molecule has 0 saturated heterocycles. The highest BCUT2D eigenvalue weighted by Gasteiger charge is 2.53. The van der Waals surface area contributed by atoms with Crippen LogP contribution >= 0.6 is 0 Å². The molecular weight excluding hydrogens is 335 g/mol. The van der Waals surface area contributed by atoms with Gasteiger partial charge in [-0.25, -0.2) is 14.4 Å². The van der Waals surface area contributed by atoms with Crippen molar-refractivity contribution in [3.05, 3.63) is 47.4 Å². The van der Waals surface area contributed by atoms with Gasteiger partial charge in [0.1, 0.15) is 29.2 Å². The van der Waals surface area contributed by atoms with Crippen molar-refractivity contribution in [2.24, 2.45) is 0 Å². The van der Waals surface area contributed by atoms with Gasteiger partial charge < -0.3 is 15.4 Å². The minimum atomic E-state index is -1.24. The number of amides is 1. The zero-order chi connectivity index (χ0) is 18.7. The van der Waals surface area contributed by atoms with Gasteiger partial charge in [0.05, 0.1) is 12.2 Å². The number of halogens is 1. The van der Waals surface area contributed by atoms with E-state index in [1.165, 1.54) is 6.92 Å². The zero-order valence-electron chi connectivity index (χ0n) is 15.2. The van der Waals surface area contributed by atoms with E-state index in [9.17, 15) is 9.18 Å². The van der Waals surface area contributed by atoms with Gasteiger partial charge in [-0.1, -0.05) is 0 Å². The fourth-order valence-electron chi connectivity index (χ4n) is 2.58. The Morgan fingerprint density at radius 3 is 2.65 bits per heavy atom. The van der Waals surface area contributed by atoms with E-state index < -0.39 is 11.8 Å². The molecule has 1 aromatic heterocycles. The van der Waals surface area contributed by atoms with Crippen molar-refractivity contribution in [3.8, 4) is 5.75 Å². The minimum Gasteiger partial charge on any atom is -0.487 e. The molecule has 1 saturated carbocycles. The Hall–Kier alpha value is -2.70. The van der Waals surface area contributed by atoms with Gasteiger partial charge in [0.15, 0.2) is 0 Å². The summed E-state index contributed by atoms with van der Waals surface area (Å²) in [6.07, 6.45) is 0.0109. The molecule has 1 fully saturated rings. The van der Waals surface area contributed by atoms with Crippen LogP contribution in [-0.4, -0.2) is 34.2 Å². The fourth-order valence-corrected chi connectivity index (χ4v) is 2.58. The van der Waals surface area contributed by atoms with Crippen LogP contribution in [0.4, 0.5) is 10.2 Å². The van der Waals surface area contributed by atoms with Crippen LogP contribution in [-0.2, 0) is 6.54 Å². The molecule has 1 heterocycles. The third kappa shape index (κ3) is 4.47. The number of nitrogens with zero attached hydrogens (tertiary/aromatic N) is 2. The first-order valence-electron chi connectivity index (χ1n) is 8.69. The molecule has 2 atom stereocenters. The monoisotopic (exact) mass is 358 g/mol. The molecule has 1 aromatic carbocycles. The minimum absolute atomic E-state index is 0.209. The summed E-state index contributed by atoms with van der Waals surface area (Å²) >= 11 is 0. The number of hydrogen-bond donors (Lipinski definition) is 2. The molecule has 0 bridgehead atoms. The van der Waals surface area contributed by atoms with E-state index in [1.807, 2.05) is 19.9 Å². The quantitative estimate of drug-likeness (QED) is 0.796. The lowest BCUT2D eigenvalue weighted by Gasteiger charge is -2.09. The first-order valence-corrected chi connectivity index (χ1v) is 8.69. The number of nitrogens with one attached hydrogen (secondary N) is 2. The summed E-state index contributed by atoms with van der Waals surface area (Å²) in [5, 5.41) is 5.98. The molecular formula is C19H23FN4O2. The van der Waals surface area contributed by atoms with Crippen LogP contribution in [0.1, 0.15) is 42.1 Å². The van der Waals surface area contributed by atoms with Gasteiger partial charge >= 0.3 is 0 Å². The van der Waals surface area contributed by atoms with Gasteiger partial charge in [-0.2, -0.15) is 0 Å². The first-order chi connectivity index (χ1) is 12.4. The summed E-state index contributed by atoms with van der Waals surface area (Å²) in [6, 6.07) is 8.51. The van der Waals surface area contributed by atoms with E-state index in [0.29, 0.717) is 30.1 Å². The van der Waals surface area contributed by atoms with Crippen LogP contribution in [0.2, 0.25) is 0 Å². The molecule has 1 aliphatic carbocycles. The van der Waals surface area contributed by atoms with Crippen LogP contribution in [0.5, 0.6) is 5.75 Å². The van der Waals surface area contributed by atoms with Crippen molar-refractivity contribution in [2.75, 3.05) is 11.9 Å². The smallest absolute Gasteiger partial charge is 0.251 e. The van der Waals surface area contributed by atoms with E-state index in [4.69, 9.17) is 4.74 Å². The maximum Gasteiger partial charge on any atom is 0.251 e. The maximum absolute atomic E-state index is 13.5. The van der Waals surface area contributed by atoms with Crippen molar-refractivity contribution >= 4 is 11.7 Å². The number of carbonyl (C=O) groups is 1. The van der Waals surface area contributed by atoms with Gasteiger partial charge in [-0.3, -0.25) is 4.79 Å². The number of aromatic nitrogens is 2. The van der Waals surface area contributed by atoms with Gasteiger partial charge in [0, 0.05) is 24.6 Å². The lowest BCUT2D eigenvalue weighted by atomic mass is 10.2. The number of alkyl halides is 1. The number of aryl methyl sites for hydroxylation is 1. The van der Waals surface area contributed by atoms with Gasteiger partial charge in [-0.15, -0.1) is 0 Å². The van der Waals surface area contributed by atoms with Crippen LogP contribution in [0, 0.1) is 6.92 Å². The van der Waals surface area contributed by atoms with E-state index in [2.05, 4.69) is 20.6 Å². The van der Waals surface area contributed by atoms with Crippen LogP contribution in [0.25, 0.3) is 0 Å². The summed E-state index contributed by atoms with van der Waals surface area (Å²) < 4.78 is 19.0. The van der Waals surface area contributed by atoms with Crippen molar-refractivity contribution in [1.82, 2.24) is 15.3 Å². The average Bonchev–Trinajstić information content (AvgIpc) is 3.19. The topological polar surface area (TPSA) is 76.1 Å². The van der Waals surface area contributed by atoms with Crippen molar-refractivity contribution < 1.29 is 13.9 Å². The number of benzene rings is 1. The summed E-state index contributed by atoms with van der Waals surface area (Å²) in [5.74, 6) is 1.74. The predicted octanol–water partition coefficient (Wildman–Crippen LogP) is 3.03. The Labute approximate surface area is 152 Å². The number of carbonyl (C=O) groups excluding carboxylic acids is 1. The zero-order valence-corrected chi connectivity index (χ0v) is 15.2. The second-order valence-corrected chi connectivity index (χ2v) is 6.62. The SMILES string of the molecule is CCNc1cc(CNC(=O)c2ccc(OC3CC3(C)F)cc2)nc(C)n1. The maximum atomic E-state index is 13.5. The summed E-state index contributed by atoms with van der Waals surface area (Å²) in [5.41, 5.74) is 0.00330. The molecule has 138 valence electrons. The molecule has 6 nitrogen and oxygen atoms in total. The van der Waals surface area contributed by atoms with Gasteiger partial charge in [0.2, 0.25) is 0 Å². The number of anilines is 1. The second kappa shape index (κ2) is 7.27. The standard InChI is InChI=1S/C19H23FN4O2/c1-4-21-17-9-14(23-12(2)24-17)11-22-18(25)13-5-7-15(8-6-13)26-16-10-19(16,3)20/h5-9,16H,4,10-11H2,1-3H3,(H,22,25)(H,21,23,24). The first kappa shape index (κ1) is 18.1. The highest BCUT2D eigenvalue weighted by atomic mass is 19.1. The molecule has 0 spiro atoms. The molecule has 26 heavy (non-hydrogen) atoms. The van der Waals surface area contributed by atoms with E-state index in [1.54, 1.807) is 24.3 Å². The fraction of sp³-hybridized carbons (Fsp3) is 0.421. The molecule has 3 rings (SSSR count). The van der Waals surface area contributed by atoms with Crippen molar-refractivity contribution in [3.63, 3.8) is 0 Å². The molecule has 0 aliphatic heterocycles. The molecule has 2 N–H and O–H groups in total. The summed E-state index contributed by atoms with van der Waals surface area (Å²) in [7, 11) is 0. The Bertz CT molecular complexity index is 793. The molecule has 0 radical (unpaired) electrons. The van der Waals surface area contributed by atoms with E-state index in [-0.39, 0.29) is 5.91 Å². The Morgan fingerprint density at radius 2 is 2.04 bits per heavy atom. The molecule has 1 aliphatic rings. The third-order valence-electron chi connectivity index (χ3n) is 4.17. The lowest BCUT2D eigenvalue weighted by molar-refractivity contribution is 0.0950. The molecule has 2 aromatic rings. The van der Waals surface area contributed by atoms with Crippen LogP contribution in [0.3, 0.4) is 0 Å². The Kier molecular flexibility index (Phi) is 5.06. The second-order valence-electron chi connectivity index (χ2n) is 6.62. The Balaban J connectivity index is 1.56. The normalized spacial score (nSPS) is 21.2. The average molecular weight is 358 g/mol. The largest absolute Gasteiger partial charge is 0.487 e. The molecule has 1 amide bonds. The summed E-state index contributed by atoms with van der Waals surface area (Å²) in [4.78, 5) is 20.9. The highest BCUT2D eigenvalue weighted by Crippen LogP contribution is 2.42. The van der Waals surface area contributed by atoms with Gasteiger partial charge in [0.25, 0.3) is 5.91 Å². The number of hydrogen-bond acceptors (Lipinski definition) is 5. The van der Waals surface area contributed by atoms with Crippen molar-refractivity contribution in [1.29, 1.82) is 0 Å². The van der Waals surface area contributed by atoms with Crippen LogP contribution < -0.4 is 15.4 Å². The third-order valence-corrected chi connectivity index (χ3v) is 4.17. The highest BCUT2D eigenvalue weighted by molar-refractivity contribution is 5.94. The Morgan fingerprint density at radius 1 is 1.35 bits per heavy atom. The van der Waals surface area contributed by atoms with Gasteiger partial charge in [-0.05, 0) is 45.0 Å². The van der Waals surface area contributed by atoms with E-state index in [0.717, 1.165) is 18.1 Å². The lowest BCUT2D eigenvalue weighted by Crippen LogP contribution is -2.23. The summed E-state index contributed by atoms with van der Waals surface area (Å²) in [6.45, 7) is 6.40. The molecule has 2 unspecified atom stereocenters. The molecule has 7 heteroatoms. The predicted molar refractivity (Wildman–Crippen MR) is 97.1 cm³/mol. The van der Waals surface area contributed by atoms with E-state index >= 15 is 0 Å². The number of rotatable bonds is 7. The van der Waals surface area contributed by atoms with Crippen LogP contribution in [0.15, 0.2) is 30.3 Å².